The van der Waals surface area contributed by atoms with Crippen LogP contribution >= 0.6 is 23.2 Å². The van der Waals surface area contributed by atoms with Crippen molar-refractivity contribution in [3.8, 4) is 5.75 Å². The summed E-state index contributed by atoms with van der Waals surface area (Å²) in [4.78, 5) is 16.5. The van der Waals surface area contributed by atoms with Crippen LogP contribution < -0.4 is 10.1 Å². The number of benzene rings is 2. The van der Waals surface area contributed by atoms with Crippen LogP contribution in [-0.4, -0.2) is 30.5 Å². The van der Waals surface area contributed by atoms with E-state index in [1.807, 2.05) is 18.2 Å². The Morgan fingerprint density at radius 1 is 1.00 bits per heavy atom. The molecule has 0 bridgehead atoms. The van der Waals surface area contributed by atoms with Crippen LogP contribution in [0.2, 0.25) is 10.0 Å². The maximum atomic E-state index is 12.4. The van der Waals surface area contributed by atoms with Gasteiger partial charge in [-0.25, -0.2) is 14.3 Å². The molecule has 30 heavy (non-hydrogen) atoms. The van der Waals surface area contributed by atoms with Gasteiger partial charge in [0.05, 0.1) is 6.54 Å². The van der Waals surface area contributed by atoms with E-state index in [0.29, 0.717) is 22.3 Å². The minimum Gasteiger partial charge on any atom is -0.471 e. The number of amides is 1. The third kappa shape index (κ3) is 5.16. The molecule has 0 radical (unpaired) electrons. The number of rotatable bonds is 7. The van der Waals surface area contributed by atoms with E-state index in [2.05, 4.69) is 20.5 Å². The third-order valence-electron chi connectivity index (χ3n) is 4.05. The number of aromatic nitrogens is 5. The second-order valence-corrected chi connectivity index (χ2v) is 7.19. The van der Waals surface area contributed by atoms with Gasteiger partial charge in [-0.05, 0) is 48.0 Å². The van der Waals surface area contributed by atoms with Crippen LogP contribution in [0.15, 0.2) is 67.1 Å². The minimum absolute atomic E-state index is 0.154. The van der Waals surface area contributed by atoms with Crippen LogP contribution in [0.4, 0.5) is 5.95 Å². The molecule has 0 saturated heterocycles. The molecule has 0 aliphatic heterocycles. The Hall–Kier alpha value is -3.36. The molecule has 0 fully saturated rings. The Morgan fingerprint density at radius 3 is 2.63 bits per heavy atom. The summed E-state index contributed by atoms with van der Waals surface area (Å²) in [5.41, 5.74) is 1.20. The maximum absolute atomic E-state index is 12.4. The van der Waals surface area contributed by atoms with E-state index >= 15 is 0 Å². The standard InChI is InChI=1S/C20H16Cl2N6O2/c21-15-4-6-17(7-5-15)30-13-27-9-8-18(25-27)19(29)24-20-23-12-28(26-20)11-14-2-1-3-16(22)10-14/h1-10,12H,11,13H2,(H,24,26,29). The highest BCUT2D eigenvalue weighted by Crippen LogP contribution is 2.16. The maximum Gasteiger partial charge on any atom is 0.278 e. The molecule has 2 aromatic carbocycles. The van der Waals surface area contributed by atoms with E-state index in [1.54, 1.807) is 47.3 Å². The largest absolute Gasteiger partial charge is 0.471 e. The number of hydrogen-bond donors (Lipinski definition) is 1. The van der Waals surface area contributed by atoms with Crippen LogP contribution in [0.3, 0.4) is 0 Å². The molecule has 10 heteroatoms. The van der Waals surface area contributed by atoms with Gasteiger partial charge in [0.25, 0.3) is 5.91 Å². The molecule has 0 unspecified atom stereocenters. The lowest BCUT2D eigenvalue weighted by molar-refractivity contribution is 0.101. The number of anilines is 1. The van der Waals surface area contributed by atoms with Crippen molar-refractivity contribution in [1.29, 1.82) is 0 Å². The van der Waals surface area contributed by atoms with Gasteiger partial charge in [0.1, 0.15) is 12.1 Å². The van der Waals surface area contributed by atoms with Crippen LogP contribution in [0.25, 0.3) is 0 Å². The smallest absolute Gasteiger partial charge is 0.278 e. The molecule has 2 aromatic heterocycles. The van der Waals surface area contributed by atoms with E-state index in [4.69, 9.17) is 27.9 Å². The fourth-order valence-corrected chi connectivity index (χ4v) is 2.98. The summed E-state index contributed by atoms with van der Waals surface area (Å²) in [6, 6.07) is 16.0. The summed E-state index contributed by atoms with van der Waals surface area (Å²) in [6.45, 7) is 0.640. The second-order valence-electron chi connectivity index (χ2n) is 6.32. The zero-order valence-corrected chi connectivity index (χ0v) is 17.1. The summed E-state index contributed by atoms with van der Waals surface area (Å²) >= 11 is 11.8. The molecule has 1 amide bonds. The summed E-state index contributed by atoms with van der Waals surface area (Å²) < 4.78 is 8.72. The van der Waals surface area contributed by atoms with Crippen molar-refractivity contribution in [2.24, 2.45) is 0 Å². The van der Waals surface area contributed by atoms with Crippen LogP contribution in [0.5, 0.6) is 5.75 Å². The molecule has 8 nitrogen and oxygen atoms in total. The predicted octanol–water partition coefficient (Wildman–Crippen LogP) is 4.12. The normalized spacial score (nSPS) is 10.7. The number of hydrogen-bond acceptors (Lipinski definition) is 5. The highest BCUT2D eigenvalue weighted by molar-refractivity contribution is 6.30. The molecule has 2 heterocycles. The van der Waals surface area contributed by atoms with Crippen molar-refractivity contribution >= 4 is 35.1 Å². The van der Waals surface area contributed by atoms with Gasteiger partial charge in [0.2, 0.25) is 5.95 Å². The van der Waals surface area contributed by atoms with Gasteiger partial charge in [0.15, 0.2) is 12.4 Å². The van der Waals surface area contributed by atoms with E-state index < -0.39 is 5.91 Å². The fourth-order valence-electron chi connectivity index (χ4n) is 2.64. The zero-order chi connectivity index (χ0) is 20.9. The Labute approximate surface area is 182 Å². The van der Waals surface area contributed by atoms with Crippen molar-refractivity contribution in [1.82, 2.24) is 24.5 Å². The molecule has 1 N–H and O–H groups in total. The lowest BCUT2D eigenvalue weighted by Crippen LogP contribution is -2.15. The van der Waals surface area contributed by atoms with E-state index in [9.17, 15) is 4.79 Å². The van der Waals surface area contributed by atoms with E-state index in [0.717, 1.165) is 5.56 Å². The molecule has 152 valence electrons. The first kappa shape index (κ1) is 19.9. The molecule has 0 saturated carbocycles. The van der Waals surface area contributed by atoms with Crippen LogP contribution in [0, 0.1) is 0 Å². The average molecular weight is 443 g/mol. The first-order valence-corrected chi connectivity index (χ1v) is 9.68. The van der Waals surface area contributed by atoms with Crippen molar-refractivity contribution in [2.75, 3.05) is 5.32 Å². The average Bonchev–Trinajstić information content (AvgIpc) is 3.37. The first-order valence-electron chi connectivity index (χ1n) is 8.92. The Bertz CT molecular complexity index is 1160. The van der Waals surface area contributed by atoms with Crippen molar-refractivity contribution in [3.05, 3.63) is 88.4 Å². The lowest BCUT2D eigenvalue weighted by atomic mass is 10.2. The van der Waals surface area contributed by atoms with Crippen LogP contribution in [-0.2, 0) is 13.3 Å². The predicted molar refractivity (Wildman–Crippen MR) is 113 cm³/mol. The van der Waals surface area contributed by atoms with Gasteiger partial charge in [0, 0.05) is 16.2 Å². The molecule has 0 spiro atoms. The molecule has 0 atom stereocenters. The number of carbonyl (C=O) groups is 1. The van der Waals surface area contributed by atoms with E-state index in [-0.39, 0.29) is 18.4 Å². The van der Waals surface area contributed by atoms with Gasteiger partial charge in [-0.1, -0.05) is 35.3 Å². The molecule has 4 aromatic rings. The third-order valence-corrected chi connectivity index (χ3v) is 4.53. The number of nitrogens with zero attached hydrogens (tertiary/aromatic N) is 5. The molecular weight excluding hydrogens is 427 g/mol. The number of carbonyl (C=O) groups excluding carboxylic acids is 1. The summed E-state index contributed by atoms with van der Waals surface area (Å²) in [5.74, 6) is 0.421. The number of ether oxygens (including phenoxy) is 1. The summed E-state index contributed by atoms with van der Waals surface area (Å²) in [5, 5.41) is 12.4. The van der Waals surface area contributed by atoms with Crippen molar-refractivity contribution in [2.45, 2.75) is 13.3 Å². The van der Waals surface area contributed by atoms with Crippen molar-refractivity contribution < 1.29 is 9.53 Å². The van der Waals surface area contributed by atoms with Crippen molar-refractivity contribution in [3.63, 3.8) is 0 Å². The van der Waals surface area contributed by atoms with Gasteiger partial charge in [-0.3, -0.25) is 10.1 Å². The lowest BCUT2D eigenvalue weighted by Gasteiger charge is -2.05. The Morgan fingerprint density at radius 2 is 1.83 bits per heavy atom. The molecular formula is C20H16Cl2N6O2. The quantitative estimate of drug-likeness (QED) is 0.465. The number of halogens is 2. The van der Waals surface area contributed by atoms with Gasteiger partial charge < -0.3 is 4.74 Å². The molecule has 0 aliphatic carbocycles. The SMILES string of the molecule is O=C(Nc1ncn(Cc2cccc(Cl)c2)n1)c1ccn(COc2ccc(Cl)cc2)n1. The zero-order valence-electron chi connectivity index (χ0n) is 15.6. The highest BCUT2D eigenvalue weighted by atomic mass is 35.5. The molecule has 0 aliphatic rings. The Balaban J connectivity index is 1.33. The monoisotopic (exact) mass is 442 g/mol. The number of nitrogens with one attached hydrogen (secondary N) is 1. The molecule has 4 rings (SSSR count). The van der Waals surface area contributed by atoms with E-state index in [1.165, 1.54) is 11.0 Å². The summed E-state index contributed by atoms with van der Waals surface area (Å²) in [6.07, 6.45) is 3.19. The fraction of sp³-hybridized carbons (Fsp3) is 0.100. The van der Waals surface area contributed by atoms with Gasteiger partial charge in [-0.15, -0.1) is 5.10 Å². The van der Waals surface area contributed by atoms with Gasteiger partial charge >= 0.3 is 0 Å². The topological polar surface area (TPSA) is 86.9 Å². The van der Waals surface area contributed by atoms with Crippen LogP contribution in [0.1, 0.15) is 16.1 Å². The Kier molecular flexibility index (Phi) is 5.97. The summed E-state index contributed by atoms with van der Waals surface area (Å²) in [7, 11) is 0. The first-order chi connectivity index (χ1) is 14.5. The van der Waals surface area contributed by atoms with Gasteiger partial charge in [-0.2, -0.15) is 5.10 Å². The second kappa shape index (κ2) is 8.98. The highest BCUT2D eigenvalue weighted by Gasteiger charge is 2.13. The minimum atomic E-state index is -0.416.